The first-order valence-corrected chi connectivity index (χ1v) is 11.5. The molecule has 0 spiro atoms. The Morgan fingerprint density at radius 2 is 2.00 bits per heavy atom. The molecule has 30 heavy (non-hydrogen) atoms. The molecule has 4 rings (SSSR count). The van der Waals surface area contributed by atoms with Gasteiger partial charge in [-0.25, -0.2) is 0 Å². The first kappa shape index (κ1) is 21.1. The summed E-state index contributed by atoms with van der Waals surface area (Å²) >= 11 is 7.20. The highest BCUT2D eigenvalue weighted by atomic mass is 32.2. The van der Waals surface area contributed by atoms with E-state index in [0.717, 1.165) is 16.1 Å². The van der Waals surface area contributed by atoms with Crippen LogP contribution in [0.2, 0.25) is 0 Å². The van der Waals surface area contributed by atoms with Gasteiger partial charge in [-0.05, 0) is 48.7 Å². The third kappa shape index (κ3) is 4.05. The molecule has 1 aliphatic heterocycles. The van der Waals surface area contributed by atoms with Crippen LogP contribution in [0.15, 0.2) is 59.5 Å². The van der Waals surface area contributed by atoms with Gasteiger partial charge in [0, 0.05) is 17.1 Å². The van der Waals surface area contributed by atoms with Gasteiger partial charge in [-0.2, -0.15) is 0 Å². The van der Waals surface area contributed by atoms with E-state index in [-0.39, 0.29) is 18.4 Å². The molecule has 1 saturated carbocycles. The fraction of sp³-hybridized carbons (Fsp3) is 0.364. The van der Waals surface area contributed by atoms with Crippen LogP contribution in [0.3, 0.4) is 0 Å². The molecule has 0 bridgehead atoms. The zero-order valence-electron chi connectivity index (χ0n) is 16.6. The summed E-state index contributed by atoms with van der Waals surface area (Å²) in [6.45, 7) is 0.409. The number of thiocarbonyl (C=S) groups is 1. The molecule has 4 N–H and O–H groups in total. The molecule has 1 heterocycles. The predicted molar refractivity (Wildman–Crippen MR) is 122 cm³/mol. The van der Waals surface area contributed by atoms with Gasteiger partial charge in [0.2, 0.25) is 5.91 Å². The van der Waals surface area contributed by atoms with Crippen molar-refractivity contribution in [3.63, 3.8) is 0 Å². The van der Waals surface area contributed by atoms with Gasteiger partial charge in [-0.15, -0.1) is 11.8 Å². The van der Waals surface area contributed by atoms with Gasteiger partial charge >= 0.3 is 0 Å². The van der Waals surface area contributed by atoms with E-state index in [9.17, 15) is 15.0 Å². The number of nitrogens with zero attached hydrogens (tertiary/aromatic N) is 1. The van der Waals surface area contributed by atoms with Crippen LogP contribution in [0.25, 0.3) is 0 Å². The minimum absolute atomic E-state index is 0.155. The average Bonchev–Trinajstić information content (AvgIpc) is 3.12. The number of carbonyl (C=O) groups is 1. The predicted octanol–water partition coefficient (Wildman–Crippen LogP) is 1.90. The minimum atomic E-state index is -1.00. The van der Waals surface area contributed by atoms with Crippen LogP contribution in [0, 0.1) is 5.92 Å². The van der Waals surface area contributed by atoms with Crippen LogP contribution in [-0.4, -0.2) is 51.8 Å². The van der Waals surface area contributed by atoms with Crippen LogP contribution in [0.5, 0.6) is 0 Å². The van der Waals surface area contributed by atoms with Crippen LogP contribution in [-0.2, 0) is 11.3 Å². The Morgan fingerprint density at radius 3 is 2.73 bits per heavy atom. The molecule has 0 aromatic heterocycles. The second kappa shape index (κ2) is 8.93. The lowest BCUT2D eigenvalue weighted by Crippen LogP contribution is -2.60. The number of aliphatic hydroxyl groups is 2. The van der Waals surface area contributed by atoms with Crippen molar-refractivity contribution in [2.75, 3.05) is 11.2 Å². The molecule has 2 aliphatic rings. The molecule has 2 aromatic rings. The number of hydrogen-bond donors (Lipinski definition) is 4. The van der Waals surface area contributed by atoms with Crippen LogP contribution < -0.4 is 15.5 Å². The van der Waals surface area contributed by atoms with E-state index in [1.165, 1.54) is 0 Å². The molecule has 1 saturated heterocycles. The summed E-state index contributed by atoms with van der Waals surface area (Å²) in [5.41, 5.74) is 1.87. The molecule has 0 radical (unpaired) electrons. The molecular formula is C22H25N3O3S2. The molecule has 2 fully saturated rings. The molecule has 2 aromatic carbocycles. The van der Waals surface area contributed by atoms with Crippen molar-refractivity contribution in [1.29, 1.82) is 0 Å². The Balaban J connectivity index is 1.61. The van der Waals surface area contributed by atoms with Crippen molar-refractivity contribution in [3.05, 3.63) is 60.2 Å². The number of hydrogen-bond acceptors (Lipinski definition) is 5. The summed E-state index contributed by atoms with van der Waals surface area (Å²) in [7, 11) is 0. The van der Waals surface area contributed by atoms with Crippen molar-refractivity contribution in [1.82, 2.24) is 10.6 Å². The number of benzene rings is 2. The Hall–Kier alpha value is -2.13. The van der Waals surface area contributed by atoms with E-state index >= 15 is 0 Å². The average molecular weight is 444 g/mol. The lowest BCUT2D eigenvalue weighted by atomic mass is 9.77. The van der Waals surface area contributed by atoms with Crippen molar-refractivity contribution >= 4 is 40.7 Å². The summed E-state index contributed by atoms with van der Waals surface area (Å²) in [6.07, 6.45) is 0.181. The van der Waals surface area contributed by atoms with E-state index in [2.05, 4.69) is 10.6 Å². The highest BCUT2D eigenvalue weighted by Gasteiger charge is 2.53. The lowest BCUT2D eigenvalue weighted by molar-refractivity contribution is -0.131. The van der Waals surface area contributed by atoms with E-state index in [4.69, 9.17) is 12.2 Å². The third-order valence-corrected chi connectivity index (χ3v) is 6.86. The monoisotopic (exact) mass is 443 g/mol. The maximum atomic E-state index is 13.2. The summed E-state index contributed by atoms with van der Waals surface area (Å²) in [5, 5.41) is 27.6. The topological polar surface area (TPSA) is 84.8 Å². The number of rotatable bonds is 5. The highest BCUT2D eigenvalue weighted by Crippen LogP contribution is 2.37. The Kier molecular flexibility index (Phi) is 6.29. The molecule has 8 heteroatoms. The number of aliphatic hydroxyl groups excluding tert-OH is 2. The molecule has 1 amide bonds. The van der Waals surface area contributed by atoms with Crippen LogP contribution >= 0.6 is 24.0 Å². The fourth-order valence-electron chi connectivity index (χ4n) is 4.32. The smallest absolute Gasteiger partial charge is 0.225 e. The number of amides is 1. The number of carbonyl (C=O) groups excluding carboxylic acids is 1. The largest absolute Gasteiger partial charge is 0.390 e. The van der Waals surface area contributed by atoms with Crippen LogP contribution in [0.1, 0.15) is 12.0 Å². The van der Waals surface area contributed by atoms with Gasteiger partial charge in [0.15, 0.2) is 5.11 Å². The van der Waals surface area contributed by atoms with E-state index in [0.29, 0.717) is 11.7 Å². The summed E-state index contributed by atoms with van der Waals surface area (Å²) in [4.78, 5) is 16.2. The number of fused-ring (bicyclic) bond motifs is 1. The van der Waals surface area contributed by atoms with E-state index in [1.54, 1.807) is 11.8 Å². The Labute approximate surface area is 185 Å². The number of nitrogens with one attached hydrogen (secondary N) is 2. The molecule has 6 nitrogen and oxygen atoms in total. The van der Waals surface area contributed by atoms with E-state index in [1.807, 2.05) is 65.8 Å². The first-order chi connectivity index (χ1) is 14.5. The van der Waals surface area contributed by atoms with Gasteiger partial charge < -0.3 is 25.7 Å². The molecule has 5 atom stereocenters. The van der Waals surface area contributed by atoms with Gasteiger partial charge in [0.1, 0.15) is 6.10 Å². The quantitative estimate of drug-likeness (QED) is 0.415. The Bertz CT molecular complexity index is 927. The van der Waals surface area contributed by atoms with Gasteiger partial charge in [-0.1, -0.05) is 36.4 Å². The van der Waals surface area contributed by atoms with E-state index < -0.39 is 24.2 Å². The fourth-order valence-corrected chi connectivity index (χ4v) is 5.13. The second-order valence-electron chi connectivity index (χ2n) is 7.64. The van der Waals surface area contributed by atoms with Crippen molar-refractivity contribution in [3.8, 4) is 0 Å². The summed E-state index contributed by atoms with van der Waals surface area (Å²) < 4.78 is 0. The molecular weight excluding hydrogens is 418 g/mol. The Morgan fingerprint density at radius 1 is 1.23 bits per heavy atom. The van der Waals surface area contributed by atoms with Gasteiger partial charge in [-0.3, -0.25) is 4.79 Å². The molecule has 0 unspecified atom stereocenters. The zero-order valence-corrected chi connectivity index (χ0v) is 18.2. The van der Waals surface area contributed by atoms with Crippen LogP contribution in [0.4, 0.5) is 5.69 Å². The van der Waals surface area contributed by atoms with Crippen molar-refractivity contribution < 1.29 is 15.0 Å². The summed E-state index contributed by atoms with van der Waals surface area (Å²) in [5.74, 6) is -0.680. The minimum Gasteiger partial charge on any atom is -0.390 e. The first-order valence-electron chi connectivity index (χ1n) is 9.91. The molecule has 158 valence electrons. The normalized spacial score (nSPS) is 28.0. The van der Waals surface area contributed by atoms with Crippen molar-refractivity contribution in [2.24, 2.45) is 5.92 Å². The number of anilines is 1. The second-order valence-corrected chi connectivity index (χ2v) is 8.91. The molecule has 1 aliphatic carbocycles. The highest BCUT2D eigenvalue weighted by molar-refractivity contribution is 7.98. The third-order valence-electron chi connectivity index (χ3n) is 5.82. The summed E-state index contributed by atoms with van der Waals surface area (Å²) in [6, 6.07) is 16.7. The lowest BCUT2D eigenvalue weighted by Gasteiger charge is -2.41. The van der Waals surface area contributed by atoms with Gasteiger partial charge in [0.05, 0.1) is 24.1 Å². The maximum absolute atomic E-state index is 13.2. The van der Waals surface area contributed by atoms with Crippen molar-refractivity contribution in [2.45, 2.75) is 42.2 Å². The zero-order chi connectivity index (χ0) is 21.3. The SMILES string of the molecule is CSc1cccc(N2C(=S)N[C@H]3[C@@H](O)[C@H](O)C[C@@H](C(=O)NCc4ccccc4)[C@H]32)c1. The number of thioether (sulfide) groups is 1. The standard InChI is InChI=1S/C22H25N3O3S2/c1-30-15-9-5-8-14(10-15)25-19-16(11-17(26)20(27)18(19)24-22(25)29)21(28)23-12-13-6-3-2-4-7-13/h2-10,16-20,26-27H,11-12H2,1H3,(H,23,28)(H,24,29)/t16-,17-,18-,19-,20+/m1/s1. The maximum Gasteiger partial charge on any atom is 0.225 e. The van der Waals surface area contributed by atoms with Gasteiger partial charge in [0.25, 0.3) is 0 Å².